The van der Waals surface area contributed by atoms with E-state index in [1.807, 2.05) is 18.2 Å². The van der Waals surface area contributed by atoms with Crippen LogP contribution in [0.5, 0.6) is 11.5 Å². The van der Waals surface area contributed by atoms with E-state index in [2.05, 4.69) is 11.0 Å². The molecule has 3 aliphatic rings. The number of hydrogen-bond donors (Lipinski definition) is 2. The number of aliphatic hydroxyl groups is 1. The average Bonchev–Trinajstić information content (AvgIpc) is 2.78. The number of benzene rings is 1. The van der Waals surface area contributed by atoms with E-state index in [0.717, 1.165) is 29.8 Å². The summed E-state index contributed by atoms with van der Waals surface area (Å²) >= 11 is 0. The highest BCUT2D eigenvalue weighted by Crippen LogP contribution is 2.55. The van der Waals surface area contributed by atoms with Crippen molar-refractivity contribution in [2.75, 3.05) is 20.2 Å². The van der Waals surface area contributed by atoms with Gasteiger partial charge in [0.2, 0.25) is 5.91 Å². The Morgan fingerprint density at radius 3 is 3.12 bits per heavy atom. The summed E-state index contributed by atoms with van der Waals surface area (Å²) in [5.74, 6) is 1.18. The first-order valence-corrected chi connectivity index (χ1v) is 8.28. The van der Waals surface area contributed by atoms with Gasteiger partial charge in [0.25, 0.3) is 0 Å². The van der Waals surface area contributed by atoms with E-state index < -0.39 is 6.10 Å². The summed E-state index contributed by atoms with van der Waals surface area (Å²) < 4.78 is 11.7. The van der Waals surface area contributed by atoms with E-state index >= 15 is 0 Å². The SMILES string of the molecule is COc1ccc2c3c1O[C@H]1C[C@@H](O)C=C[C@@]31CCN(CC(N)=O)C2. The molecule has 0 aromatic heterocycles. The number of ether oxygens (including phenoxy) is 2. The van der Waals surface area contributed by atoms with Crippen LogP contribution in [0, 0.1) is 0 Å². The molecule has 3 atom stereocenters. The summed E-state index contributed by atoms with van der Waals surface area (Å²) in [5, 5.41) is 10.0. The van der Waals surface area contributed by atoms with E-state index in [4.69, 9.17) is 15.2 Å². The number of carbonyl (C=O) groups is 1. The zero-order valence-corrected chi connectivity index (χ0v) is 13.7. The number of nitrogens with zero attached hydrogens (tertiary/aromatic N) is 1. The second kappa shape index (κ2) is 5.50. The maximum Gasteiger partial charge on any atom is 0.231 e. The first-order chi connectivity index (χ1) is 11.5. The number of amides is 1. The lowest BCUT2D eigenvalue weighted by Crippen LogP contribution is -2.43. The Morgan fingerprint density at radius 2 is 2.38 bits per heavy atom. The van der Waals surface area contributed by atoms with Crippen LogP contribution in [0.4, 0.5) is 0 Å². The monoisotopic (exact) mass is 330 g/mol. The highest BCUT2D eigenvalue weighted by molar-refractivity contribution is 5.76. The van der Waals surface area contributed by atoms with Crippen LogP contribution in [0.1, 0.15) is 24.0 Å². The van der Waals surface area contributed by atoms with Crippen molar-refractivity contribution in [1.82, 2.24) is 4.90 Å². The number of nitrogens with two attached hydrogens (primary N) is 1. The Hall–Kier alpha value is -2.05. The lowest BCUT2D eigenvalue weighted by molar-refractivity contribution is -0.119. The number of carbonyl (C=O) groups excluding carboxylic acids is 1. The van der Waals surface area contributed by atoms with Gasteiger partial charge >= 0.3 is 0 Å². The zero-order valence-electron chi connectivity index (χ0n) is 13.7. The molecule has 2 heterocycles. The molecule has 0 saturated carbocycles. The smallest absolute Gasteiger partial charge is 0.231 e. The minimum absolute atomic E-state index is 0.115. The Labute approximate surface area is 140 Å². The van der Waals surface area contributed by atoms with E-state index in [0.29, 0.717) is 18.7 Å². The van der Waals surface area contributed by atoms with Gasteiger partial charge in [0.15, 0.2) is 11.5 Å². The van der Waals surface area contributed by atoms with Gasteiger partial charge in [-0.1, -0.05) is 18.2 Å². The molecule has 1 aromatic carbocycles. The summed E-state index contributed by atoms with van der Waals surface area (Å²) in [4.78, 5) is 13.4. The number of rotatable bonds is 3. The summed E-state index contributed by atoms with van der Waals surface area (Å²) in [5.41, 5.74) is 7.39. The summed E-state index contributed by atoms with van der Waals surface area (Å²) in [6.07, 6.45) is 4.73. The van der Waals surface area contributed by atoms with Crippen LogP contribution in [0.25, 0.3) is 0 Å². The van der Waals surface area contributed by atoms with Gasteiger partial charge in [-0.3, -0.25) is 9.69 Å². The highest BCUT2D eigenvalue weighted by atomic mass is 16.5. The molecule has 1 spiro atoms. The zero-order chi connectivity index (χ0) is 16.9. The lowest BCUT2D eigenvalue weighted by Gasteiger charge is -2.35. The van der Waals surface area contributed by atoms with Crippen molar-refractivity contribution >= 4 is 5.91 Å². The molecule has 0 unspecified atom stereocenters. The van der Waals surface area contributed by atoms with Gasteiger partial charge in [0.1, 0.15) is 6.10 Å². The molecule has 6 heteroatoms. The van der Waals surface area contributed by atoms with Crippen molar-refractivity contribution in [2.24, 2.45) is 5.73 Å². The van der Waals surface area contributed by atoms with Gasteiger partial charge < -0.3 is 20.3 Å². The maximum atomic E-state index is 11.4. The van der Waals surface area contributed by atoms with Crippen molar-refractivity contribution in [3.8, 4) is 11.5 Å². The lowest BCUT2D eigenvalue weighted by atomic mass is 9.69. The van der Waals surface area contributed by atoms with Gasteiger partial charge in [-0.2, -0.15) is 0 Å². The normalized spacial score (nSPS) is 30.9. The van der Waals surface area contributed by atoms with Crippen molar-refractivity contribution < 1.29 is 19.4 Å². The van der Waals surface area contributed by atoms with Gasteiger partial charge in [-0.15, -0.1) is 0 Å². The highest BCUT2D eigenvalue weighted by Gasteiger charge is 2.52. The molecule has 0 radical (unpaired) electrons. The fraction of sp³-hybridized carbons (Fsp3) is 0.500. The molecule has 1 aliphatic carbocycles. The third-order valence-corrected chi connectivity index (χ3v) is 5.41. The molecule has 6 nitrogen and oxygen atoms in total. The Kier molecular flexibility index (Phi) is 3.54. The number of primary amides is 1. The summed E-state index contributed by atoms with van der Waals surface area (Å²) in [7, 11) is 1.64. The van der Waals surface area contributed by atoms with Crippen LogP contribution >= 0.6 is 0 Å². The van der Waals surface area contributed by atoms with Crippen molar-refractivity contribution in [3.05, 3.63) is 35.4 Å². The number of methoxy groups -OCH3 is 1. The predicted molar refractivity (Wildman–Crippen MR) is 87.9 cm³/mol. The third-order valence-electron chi connectivity index (χ3n) is 5.41. The molecule has 3 N–H and O–H groups in total. The van der Waals surface area contributed by atoms with E-state index in [1.165, 1.54) is 0 Å². The summed E-state index contributed by atoms with van der Waals surface area (Å²) in [6, 6.07) is 3.95. The van der Waals surface area contributed by atoms with Crippen LogP contribution in [-0.2, 0) is 16.8 Å². The van der Waals surface area contributed by atoms with Gasteiger partial charge in [-0.05, 0) is 18.1 Å². The molecule has 2 aliphatic heterocycles. The molecule has 1 amide bonds. The van der Waals surface area contributed by atoms with Crippen molar-refractivity contribution in [2.45, 2.75) is 37.0 Å². The maximum absolute atomic E-state index is 11.4. The van der Waals surface area contributed by atoms with Crippen LogP contribution in [0.2, 0.25) is 0 Å². The van der Waals surface area contributed by atoms with Crippen LogP contribution in [0.15, 0.2) is 24.3 Å². The van der Waals surface area contributed by atoms with E-state index in [1.54, 1.807) is 7.11 Å². The Balaban J connectivity index is 1.85. The Morgan fingerprint density at radius 1 is 1.54 bits per heavy atom. The minimum atomic E-state index is -0.491. The molecular weight excluding hydrogens is 308 g/mol. The molecule has 0 saturated heterocycles. The minimum Gasteiger partial charge on any atom is -0.493 e. The predicted octanol–water partition coefficient (Wildman–Crippen LogP) is 0.706. The summed E-state index contributed by atoms with van der Waals surface area (Å²) in [6.45, 7) is 1.65. The van der Waals surface area contributed by atoms with Gasteiger partial charge in [0, 0.05) is 25.1 Å². The number of aliphatic hydroxyl groups excluding tert-OH is 1. The van der Waals surface area contributed by atoms with E-state index in [9.17, 15) is 9.90 Å². The molecule has 0 fully saturated rings. The van der Waals surface area contributed by atoms with E-state index in [-0.39, 0.29) is 24.0 Å². The standard InChI is InChI=1S/C18H22N2O4/c1-23-13-3-2-11-9-20(10-15(19)22)7-6-18-5-4-12(21)8-14(18)24-17(13)16(11)18/h2-5,12,14,21H,6-10H2,1H3,(H2,19,22)/t12-,14-,18-/m0/s1. The van der Waals surface area contributed by atoms with Crippen LogP contribution in [0.3, 0.4) is 0 Å². The Bertz CT molecular complexity index is 717. The molecule has 24 heavy (non-hydrogen) atoms. The molecule has 0 bridgehead atoms. The third kappa shape index (κ3) is 2.21. The van der Waals surface area contributed by atoms with Crippen molar-refractivity contribution in [3.63, 3.8) is 0 Å². The number of hydrogen-bond acceptors (Lipinski definition) is 5. The van der Waals surface area contributed by atoms with Crippen molar-refractivity contribution in [1.29, 1.82) is 0 Å². The topological polar surface area (TPSA) is 85.0 Å². The van der Waals surface area contributed by atoms with Crippen LogP contribution in [-0.4, -0.2) is 48.3 Å². The second-order valence-corrected chi connectivity index (χ2v) is 6.87. The largest absolute Gasteiger partial charge is 0.493 e. The first-order valence-electron chi connectivity index (χ1n) is 8.28. The average molecular weight is 330 g/mol. The second-order valence-electron chi connectivity index (χ2n) is 6.87. The quantitative estimate of drug-likeness (QED) is 0.797. The molecule has 1 aromatic rings. The molecule has 4 rings (SSSR count). The fourth-order valence-electron chi connectivity index (χ4n) is 4.35. The van der Waals surface area contributed by atoms with Gasteiger partial charge in [-0.25, -0.2) is 0 Å². The first kappa shape index (κ1) is 15.5. The molecule has 128 valence electrons. The molecular formula is C18H22N2O4. The fourth-order valence-corrected chi connectivity index (χ4v) is 4.35. The van der Waals surface area contributed by atoms with Gasteiger partial charge in [0.05, 0.1) is 25.2 Å². The van der Waals surface area contributed by atoms with Crippen LogP contribution < -0.4 is 15.2 Å².